The first-order valence-corrected chi connectivity index (χ1v) is 11.0. The summed E-state index contributed by atoms with van der Waals surface area (Å²) in [6.07, 6.45) is 0. The van der Waals surface area contributed by atoms with Crippen LogP contribution in [0.1, 0.15) is 29.8 Å². The number of methoxy groups -OCH3 is 1. The van der Waals surface area contributed by atoms with Crippen molar-refractivity contribution in [2.24, 2.45) is 0 Å². The van der Waals surface area contributed by atoms with Crippen molar-refractivity contribution in [2.75, 3.05) is 38.0 Å². The average Bonchev–Trinajstić information content (AvgIpc) is 2.78. The van der Waals surface area contributed by atoms with Gasteiger partial charge in [0.15, 0.2) is 0 Å². The Morgan fingerprint density at radius 1 is 1.03 bits per heavy atom. The minimum absolute atomic E-state index is 0.0378. The van der Waals surface area contributed by atoms with Crippen LogP contribution in [0.3, 0.4) is 0 Å². The van der Waals surface area contributed by atoms with Crippen molar-refractivity contribution in [1.29, 1.82) is 0 Å². The highest BCUT2D eigenvalue weighted by atomic mass is 32.2. The van der Waals surface area contributed by atoms with Gasteiger partial charge in [-0.2, -0.15) is 0 Å². The number of ether oxygens (including phenoxy) is 1. The van der Waals surface area contributed by atoms with Crippen LogP contribution in [0.4, 0.5) is 5.69 Å². The minimum Gasteiger partial charge on any atom is -0.496 e. The van der Waals surface area contributed by atoms with E-state index in [1.165, 1.54) is 13.2 Å². The lowest BCUT2D eigenvalue weighted by Crippen LogP contribution is -2.54. The maximum atomic E-state index is 13.1. The van der Waals surface area contributed by atoms with Crippen LogP contribution in [-0.4, -0.2) is 63.7 Å². The number of nitrogens with zero attached hydrogens (tertiary/aromatic N) is 2. The number of amides is 2. The molecule has 1 unspecified atom stereocenters. The molecule has 2 aromatic carbocycles. The Hall–Kier alpha value is -2.91. The van der Waals surface area contributed by atoms with Crippen molar-refractivity contribution in [1.82, 2.24) is 9.80 Å². The lowest BCUT2D eigenvalue weighted by atomic mass is 9.83. The first-order valence-electron chi connectivity index (χ1n) is 9.93. The van der Waals surface area contributed by atoms with Gasteiger partial charge in [0, 0.05) is 32.2 Å². The third-order valence-corrected chi connectivity index (χ3v) is 5.93. The molecule has 9 heteroatoms. The fraction of sp³-hybridized carbons (Fsp3) is 0.364. The van der Waals surface area contributed by atoms with Crippen molar-refractivity contribution in [3.8, 4) is 5.75 Å². The molecule has 2 N–H and O–H groups in total. The number of hydrogen-bond donors (Lipinski definition) is 2. The van der Waals surface area contributed by atoms with Crippen LogP contribution in [0, 0.1) is 0 Å². The molecular formula is C22H27N3O5S. The Bertz CT molecular complexity index is 972. The Balaban J connectivity index is 1.67. The maximum Gasteiger partial charge on any atom is 0.259 e. The summed E-state index contributed by atoms with van der Waals surface area (Å²) in [5, 5.41) is 0. The number of piperazine rings is 1. The number of nitrogens with one attached hydrogen (secondary N) is 1. The van der Waals surface area contributed by atoms with E-state index >= 15 is 0 Å². The lowest BCUT2D eigenvalue weighted by molar-refractivity contribution is -0.137. The summed E-state index contributed by atoms with van der Waals surface area (Å²) in [7, 11) is 1.44. The van der Waals surface area contributed by atoms with E-state index in [1.807, 2.05) is 44.2 Å². The minimum atomic E-state index is -2.22. The molecule has 1 saturated heterocycles. The number of anilines is 1. The van der Waals surface area contributed by atoms with Gasteiger partial charge < -0.3 is 14.5 Å². The van der Waals surface area contributed by atoms with Crippen molar-refractivity contribution < 1.29 is 23.1 Å². The van der Waals surface area contributed by atoms with Crippen LogP contribution in [0.25, 0.3) is 0 Å². The van der Waals surface area contributed by atoms with Crippen LogP contribution in [0.2, 0.25) is 0 Å². The third kappa shape index (κ3) is 5.05. The van der Waals surface area contributed by atoms with Crippen LogP contribution in [-0.2, 0) is 21.5 Å². The monoisotopic (exact) mass is 445 g/mol. The second-order valence-corrected chi connectivity index (χ2v) is 8.54. The molecule has 0 radical (unpaired) electrons. The summed E-state index contributed by atoms with van der Waals surface area (Å²) in [6.45, 7) is 5.57. The Kier molecular flexibility index (Phi) is 6.97. The molecule has 1 heterocycles. The van der Waals surface area contributed by atoms with Crippen molar-refractivity contribution in [3.05, 3.63) is 59.7 Å². The molecule has 8 nitrogen and oxygen atoms in total. The van der Waals surface area contributed by atoms with E-state index in [9.17, 15) is 13.8 Å². The van der Waals surface area contributed by atoms with E-state index in [4.69, 9.17) is 9.29 Å². The number of carbonyl (C=O) groups excluding carboxylic acids is 2. The Morgan fingerprint density at radius 2 is 1.65 bits per heavy atom. The first kappa shape index (κ1) is 22.8. The highest BCUT2D eigenvalue weighted by Gasteiger charge is 2.36. The predicted octanol–water partition coefficient (Wildman–Crippen LogP) is 2.51. The molecule has 0 aliphatic carbocycles. The first-order chi connectivity index (χ1) is 14.7. The number of hydrogen-bond acceptors (Lipinski definition) is 4. The standard InChI is InChI=1S/C22H27N3O5S/c1-22(2,16-7-5-4-6-8-16)21(27)25-13-11-24(12-14-25)20(26)18-10-9-17(23-31(28)29)15-19(18)30-3/h4-10,15,23H,11-14H2,1-3H3,(H,28,29). The zero-order valence-electron chi connectivity index (χ0n) is 17.8. The molecular weight excluding hydrogens is 418 g/mol. The SMILES string of the molecule is COc1cc(NS(=O)O)ccc1C(=O)N1CCN(C(=O)C(C)(C)c2ccccc2)CC1. The highest BCUT2D eigenvalue weighted by molar-refractivity contribution is 7.80. The molecule has 1 atom stereocenters. The fourth-order valence-corrected chi connectivity index (χ4v) is 4.02. The van der Waals surface area contributed by atoms with Gasteiger partial charge in [-0.05, 0) is 31.5 Å². The molecule has 0 aromatic heterocycles. The van der Waals surface area contributed by atoms with Crippen LogP contribution in [0.5, 0.6) is 5.75 Å². The van der Waals surface area contributed by atoms with E-state index in [2.05, 4.69) is 4.72 Å². The van der Waals surface area contributed by atoms with Gasteiger partial charge in [0.1, 0.15) is 5.75 Å². The smallest absolute Gasteiger partial charge is 0.259 e. The van der Waals surface area contributed by atoms with E-state index in [-0.39, 0.29) is 11.8 Å². The summed E-state index contributed by atoms with van der Waals surface area (Å²) in [5.41, 5.74) is 1.04. The quantitative estimate of drug-likeness (QED) is 0.666. The van der Waals surface area contributed by atoms with Crippen LogP contribution >= 0.6 is 0 Å². The number of carbonyl (C=O) groups is 2. The fourth-order valence-electron chi connectivity index (χ4n) is 3.69. The van der Waals surface area contributed by atoms with Crippen LogP contribution in [0.15, 0.2) is 48.5 Å². The average molecular weight is 446 g/mol. The molecule has 0 saturated carbocycles. The summed E-state index contributed by atoms with van der Waals surface area (Å²) in [6, 6.07) is 14.3. The topological polar surface area (TPSA) is 99.2 Å². The van der Waals surface area contributed by atoms with Crippen molar-refractivity contribution in [2.45, 2.75) is 19.3 Å². The van der Waals surface area contributed by atoms with Crippen LogP contribution < -0.4 is 9.46 Å². The van der Waals surface area contributed by atoms with Gasteiger partial charge in [-0.3, -0.25) is 18.9 Å². The summed E-state index contributed by atoms with van der Waals surface area (Å²) in [4.78, 5) is 29.7. The normalized spacial score (nSPS) is 15.4. The number of benzene rings is 2. The van der Waals surface area contributed by atoms with Gasteiger partial charge in [-0.15, -0.1) is 0 Å². The summed E-state index contributed by atoms with van der Waals surface area (Å²) >= 11 is -2.22. The van der Waals surface area contributed by atoms with Gasteiger partial charge >= 0.3 is 0 Å². The number of rotatable bonds is 6. The van der Waals surface area contributed by atoms with Gasteiger partial charge in [0.05, 0.1) is 23.8 Å². The molecule has 166 valence electrons. The molecule has 3 rings (SSSR count). The van der Waals surface area contributed by atoms with Crippen molar-refractivity contribution in [3.63, 3.8) is 0 Å². The molecule has 2 amide bonds. The molecule has 1 fully saturated rings. The van der Waals surface area contributed by atoms with E-state index in [0.29, 0.717) is 43.2 Å². The van der Waals surface area contributed by atoms with E-state index in [1.54, 1.807) is 21.9 Å². The summed E-state index contributed by atoms with van der Waals surface area (Å²) < 4.78 is 27.5. The zero-order valence-corrected chi connectivity index (χ0v) is 18.6. The molecule has 0 spiro atoms. The lowest BCUT2D eigenvalue weighted by Gasteiger charge is -2.39. The van der Waals surface area contributed by atoms with Gasteiger partial charge in [0.2, 0.25) is 5.91 Å². The molecule has 0 bridgehead atoms. The molecule has 2 aromatic rings. The zero-order chi connectivity index (χ0) is 22.6. The second kappa shape index (κ2) is 9.49. The Morgan fingerprint density at radius 3 is 2.23 bits per heavy atom. The van der Waals surface area contributed by atoms with Gasteiger partial charge in [0.25, 0.3) is 17.2 Å². The van der Waals surface area contributed by atoms with Crippen molar-refractivity contribution >= 4 is 28.8 Å². The molecule has 31 heavy (non-hydrogen) atoms. The van der Waals surface area contributed by atoms with Gasteiger partial charge in [-0.25, -0.2) is 4.21 Å². The highest BCUT2D eigenvalue weighted by Crippen LogP contribution is 2.28. The molecule has 1 aliphatic heterocycles. The van der Waals surface area contributed by atoms with E-state index in [0.717, 1.165) is 5.56 Å². The van der Waals surface area contributed by atoms with Gasteiger partial charge in [-0.1, -0.05) is 30.3 Å². The molecule has 1 aliphatic rings. The Labute approximate surface area is 184 Å². The second-order valence-electron chi connectivity index (χ2n) is 7.84. The summed E-state index contributed by atoms with van der Waals surface area (Å²) in [5.74, 6) is 0.142. The van der Waals surface area contributed by atoms with E-state index < -0.39 is 16.7 Å². The third-order valence-electron chi connectivity index (χ3n) is 5.52. The largest absolute Gasteiger partial charge is 0.496 e. The predicted molar refractivity (Wildman–Crippen MR) is 119 cm³/mol. The maximum absolute atomic E-state index is 13.1.